The Morgan fingerprint density at radius 1 is 1.42 bits per heavy atom. The van der Waals surface area contributed by atoms with E-state index in [1.54, 1.807) is 13.1 Å². The van der Waals surface area contributed by atoms with Crippen LogP contribution in [0.1, 0.15) is 34.6 Å². The lowest BCUT2D eigenvalue weighted by atomic mass is 9.77. The Balaban J connectivity index is 2.04. The van der Waals surface area contributed by atoms with Crippen molar-refractivity contribution >= 4 is 19.8 Å². The van der Waals surface area contributed by atoms with E-state index in [-0.39, 0.29) is 24.0 Å². The van der Waals surface area contributed by atoms with Crippen LogP contribution in [0.5, 0.6) is 0 Å². The van der Waals surface area contributed by atoms with Crippen molar-refractivity contribution < 1.29 is 18.8 Å². The van der Waals surface area contributed by atoms with E-state index in [1.165, 1.54) is 0 Å². The molecule has 2 rings (SSSR count). The van der Waals surface area contributed by atoms with Gasteiger partial charge in [0.25, 0.3) is 0 Å². The molecule has 0 aliphatic carbocycles. The van der Waals surface area contributed by atoms with Crippen LogP contribution in [-0.4, -0.2) is 49.1 Å². The lowest BCUT2D eigenvalue weighted by Gasteiger charge is -2.32. The second kappa shape index (κ2) is 6.95. The fourth-order valence-electron chi connectivity index (χ4n) is 2.29. The highest BCUT2D eigenvalue weighted by molar-refractivity contribution is 6.55. The minimum atomic E-state index is -0.485. The molecule has 0 radical (unpaired) electrons. The van der Waals surface area contributed by atoms with Crippen LogP contribution in [0.15, 0.2) is 40.7 Å². The number of esters is 1. The van der Waals surface area contributed by atoms with Crippen molar-refractivity contribution in [3.8, 4) is 0 Å². The maximum atomic E-state index is 11.7. The predicted octanol–water partition coefficient (Wildman–Crippen LogP) is 2.48. The van der Waals surface area contributed by atoms with Gasteiger partial charge in [-0.25, -0.2) is 4.79 Å². The number of carbonyl (C=O) groups excluding carboxylic acids is 1. The van der Waals surface area contributed by atoms with E-state index in [1.807, 2.05) is 50.9 Å². The zero-order valence-corrected chi connectivity index (χ0v) is 15.0. The maximum absolute atomic E-state index is 11.7. The van der Waals surface area contributed by atoms with Crippen molar-refractivity contribution in [2.75, 3.05) is 13.2 Å². The summed E-state index contributed by atoms with van der Waals surface area (Å²) in [5.41, 5.74) is 0.400. The molecule has 130 valence electrons. The summed E-state index contributed by atoms with van der Waals surface area (Å²) in [6.07, 6.45) is 7.38. The van der Waals surface area contributed by atoms with Gasteiger partial charge >= 0.3 is 13.1 Å². The minimum Gasteiger partial charge on any atom is -0.461 e. The summed E-state index contributed by atoms with van der Waals surface area (Å²) in [7, 11) is -0.389. The van der Waals surface area contributed by atoms with Gasteiger partial charge in [-0.3, -0.25) is 4.99 Å². The van der Waals surface area contributed by atoms with Crippen LogP contribution in [0.4, 0.5) is 0 Å². The van der Waals surface area contributed by atoms with Crippen molar-refractivity contribution in [2.24, 2.45) is 4.99 Å². The van der Waals surface area contributed by atoms with Gasteiger partial charge in [0.15, 0.2) is 5.70 Å². The molecule has 0 spiro atoms. The Kier molecular flexibility index (Phi) is 5.35. The van der Waals surface area contributed by atoms with Gasteiger partial charge in [-0.15, -0.1) is 0 Å². The van der Waals surface area contributed by atoms with Crippen molar-refractivity contribution in [1.29, 1.82) is 0 Å². The number of nitrogens with zero attached hydrogens (tertiary/aromatic N) is 2. The SMILES string of the molecule is C=N/C(=C\N1C=CC(B2OC(C)(C)C(C)(C)O2)=CC1)C(=O)OCC. The Bertz CT molecular complexity index is 592. The summed E-state index contributed by atoms with van der Waals surface area (Å²) >= 11 is 0. The summed E-state index contributed by atoms with van der Waals surface area (Å²) in [4.78, 5) is 17.3. The second-order valence-electron chi connectivity index (χ2n) is 6.70. The number of allylic oxidation sites excluding steroid dienone is 2. The molecule has 24 heavy (non-hydrogen) atoms. The molecule has 7 heteroatoms. The van der Waals surface area contributed by atoms with E-state index in [9.17, 15) is 4.79 Å². The molecule has 0 bridgehead atoms. The summed E-state index contributed by atoms with van der Waals surface area (Å²) < 4.78 is 17.0. The third-order valence-electron chi connectivity index (χ3n) is 4.46. The number of hydrogen-bond acceptors (Lipinski definition) is 6. The average Bonchev–Trinajstić information content (AvgIpc) is 2.74. The number of carbonyl (C=O) groups is 1. The lowest BCUT2D eigenvalue weighted by Crippen LogP contribution is -2.41. The first-order valence-electron chi connectivity index (χ1n) is 8.05. The van der Waals surface area contributed by atoms with Crippen molar-refractivity contribution in [2.45, 2.75) is 45.8 Å². The molecule has 0 N–H and O–H groups in total. The molecule has 2 aliphatic rings. The summed E-state index contributed by atoms with van der Waals surface area (Å²) in [6.45, 7) is 14.1. The minimum absolute atomic E-state index is 0.175. The molecular weight excluding hydrogens is 307 g/mol. The van der Waals surface area contributed by atoms with Gasteiger partial charge in [-0.05, 0) is 52.9 Å². The third kappa shape index (κ3) is 3.79. The third-order valence-corrected chi connectivity index (χ3v) is 4.46. The Morgan fingerprint density at radius 2 is 2.04 bits per heavy atom. The van der Waals surface area contributed by atoms with Gasteiger partial charge in [0, 0.05) is 18.9 Å². The molecule has 0 aromatic carbocycles. The van der Waals surface area contributed by atoms with Crippen LogP contribution in [0, 0.1) is 0 Å². The first-order chi connectivity index (χ1) is 11.2. The van der Waals surface area contributed by atoms with Crippen LogP contribution in [0.25, 0.3) is 0 Å². The molecule has 0 aromatic heterocycles. The molecule has 0 unspecified atom stereocenters. The molecular formula is C17H25BN2O4. The predicted molar refractivity (Wildman–Crippen MR) is 94.3 cm³/mol. The van der Waals surface area contributed by atoms with E-state index in [2.05, 4.69) is 11.7 Å². The second-order valence-corrected chi connectivity index (χ2v) is 6.70. The summed E-state index contributed by atoms with van der Waals surface area (Å²) in [6, 6.07) is 0. The topological polar surface area (TPSA) is 60.4 Å². The highest BCUT2D eigenvalue weighted by Crippen LogP contribution is 2.39. The number of rotatable bonds is 5. The number of hydrogen-bond donors (Lipinski definition) is 0. The molecule has 0 saturated carbocycles. The maximum Gasteiger partial charge on any atom is 0.494 e. The smallest absolute Gasteiger partial charge is 0.461 e. The van der Waals surface area contributed by atoms with Gasteiger partial charge in [-0.1, -0.05) is 6.08 Å². The molecule has 1 saturated heterocycles. The molecule has 2 heterocycles. The van der Waals surface area contributed by atoms with Crippen LogP contribution in [0.2, 0.25) is 0 Å². The lowest BCUT2D eigenvalue weighted by molar-refractivity contribution is -0.138. The zero-order chi connectivity index (χ0) is 18.0. The van der Waals surface area contributed by atoms with Gasteiger partial charge in [0.2, 0.25) is 0 Å². The van der Waals surface area contributed by atoms with Crippen molar-refractivity contribution in [1.82, 2.24) is 4.90 Å². The summed E-state index contributed by atoms with van der Waals surface area (Å²) in [5, 5.41) is 0. The number of ether oxygens (including phenoxy) is 1. The van der Waals surface area contributed by atoms with Crippen LogP contribution in [0.3, 0.4) is 0 Å². The van der Waals surface area contributed by atoms with Crippen LogP contribution in [-0.2, 0) is 18.8 Å². The van der Waals surface area contributed by atoms with Gasteiger partial charge in [-0.2, -0.15) is 0 Å². The van der Waals surface area contributed by atoms with Crippen molar-refractivity contribution in [3.63, 3.8) is 0 Å². The fourth-order valence-corrected chi connectivity index (χ4v) is 2.29. The van der Waals surface area contributed by atoms with E-state index in [0.717, 1.165) is 5.47 Å². The van der Waals surface area contributed by atoms with Gasteiger partial charge in [0.05, 0.1) is 17.8 Å². The van der Waals surface area contributed by atoms with Gasteiger partial charge in [0.1, 0.15) is 0 Å². The zero-order valence-electron chi connectivity index (χ0n) is 15.0. The first-order valence-corrected chi connectivity index (χ1v) is 8.05. The van der Waals surface area contributed by atoms with E-state index >= 15 is 0 Å². The normalized spacial score (nSPS) is 22.4. The number of aliphatic imine (C=N–C) groups is 1. The van der Waals surface area contributed by atoms with E-state index in [0.29, 0.717) is 13.2 Å². The molecule has 1 fully saturated rings. The molecule has 0 atom stereocenters. The fraction of sp³-hybridized carbons (Fsp3) is 0.529. The Labute approximate surface area is 144 Å². The van der Waals surface area contributed by atoms with E-state index in [4.69, 9.17) is 14.0 Å². The van der Waals surface area contributed by atoms with E-state index < -0.39 is 5.97 Å². The molecule has 0 aromatic rings. The van der Waals surface area contributed by atoms with Crippen molar-refractivity contribution in [3.05, 3.63) is 35.7 Å². The Morgan fingerprint density at radius 3 is 2.50 bits per heavy atom. The quantitative estimate of drug-likeness (QED) is 0.335. The van der Waals surface area contributed by atoms with Crippen LogP contribution >= 0.6 is 0 Å². The van der Waals surface area contributed by atoms with Gasteiger partial charge < -0.3 is 18.9 Å². The first kappa shape index (κ1) is 18.5. The molecule has 6 nitrogen and oxygen atoms in total. The molecule has 2 aliphatic heterocycles. The average molecular weight is 332 g/mol. The van der Waals surface area contributed by atoms with Crippen LogP contribution < -0.4 is 0 Å². The summed E-state index contributed by atoms with van der Waals surface area (Å²) in [5.74, 6) is -0.485. The standard InChI is InChI=1S/C17H25BN2O4/c1-7-22-15(21)14(19-6)12-20-10-8-13(9-11-20)18-23-16(2,3)17(4,5)24-18/h8-10,12H,6-7,11H2,1-5H3/b14-12-. The highest BCUT2D eigenvalue weighted by atomic mass is 16.7. The molecule has 0 amide bonds. The highest BCUT2D eigenvalue weighted by Gasteiger charge is 2.52. The largest absolute Gasteiger partial charge is 0.494 e. The monoisotopic (exact) mass is 332 g/mol. The Hall–Kier alpha value is -1.86.